The van der Waals surface area contributed by atoms with Crippen molar-refractivity contribution >= 4 is 39.1 Å². The summed E-state index contributed by atoms with van der Waals surface area (Å²) in [6.07, 6.45) is 0.721. The molecular weight excluding hydrogens is 529 g/mol. The van der Waals surface area contributed by atoms with Gasteiger partial charge in [-0.2, -0.15) is 0 Å². The van der Waals surface area contributed by atoms with Gasteiger partial charge in [0, 0.05) is 13.1 Å². The van der Waals surface area contributed by atoms with Gasteiger partial charge >= 0.3 is 0 Å². The lowest BCUT2D eigenvalue weighted by Crippen LogP contribution is -2.51. The summed E-state index contributed by atoms with van der Waals surface area (Å²) in [5.74, 6) is -1.68. The molecule has 7 nitrogen and oxygen atoms in total. The Morgan fingerprint density at radius 2 is 1.68 bits per heavy atom. The van der Waals surface area contributed by atoms with Gasteiger partial charge in [0.25, 0.3) is 10.0 Å². The number of anilines is 1. The first kappa shape index (κ1) is 29.1. The third-order valence-electron chi connectivity index (χ3n) is 6.12. The number of rotatable bonds is 11. The van der Waals surface area contributed by atoms with Crippen molar-refractivity contribution in [1.29, 1.82) is 0 Å². The first-order chi connectivity index (χ1) is 18.1. The fourth-order valence-corrected chi connectivity index (χ4v) is 5.44. The predicted octanol–water partition coefficient (Wildman–Crippen LogP) is 4.93. The fourth-order valence-electron chi connectivity index (χ4n) is 3.84. The van der Waals surface area contributed by atoms with Crippen molar-refractivity contribution in [2.75, 3.05) is 17.4 Å². The lowest BCUT2D eigenvalue weighted by atomic mass is 10.1. The Hall–Kier alpha value is -3.43. The van der Waals surface area contributed by atoms with Crippen LogP contribution in [0.3, 0.4) is 0 Å². The van der Waals surface area contributed by atoms with Crippen LogP contribution < -0.4 is 9.62 Å². The summed E-state index contributed by atoms with van der Waals surface area (Å²) < 4.78 is 42.2. The molecule has 2 amide bonds. The molecule has 0 fully saturated rings. The van der Waals surface area contributed by atoms with Crippen LogP contribution in [0.4, 0.5) is 10.1 Å². The summed E-state index contributed by atoms with van der Waals surface area (Å²) in [4.78, 5) is 28.0. The first-order valence-corrected chi connectivity index (χ1v) is 14.0. The van der Waals surface area contributed by atoms with Crippen molar-refractivity contribution in [1.82, 2.24) is 10.2 Å². The van der Waals surface area contributed by atoms with Gasteiger partial charge in [0.05, 0.1) is 15.6 Å². The number of halogens is 2. The number of nitrogens with zero attached hydrogens (tertiary/aromatic N) is 2. The number of nitrogens with one attached hydrogen (secondary N) is 1. The molecular formula is C28H31ClFN3O4S. The van der Waals surface area contributed by atoms with Gasteiger partial charge in [0.15, 0.2) is 0 Å². The smallest absolute Gasteiger partial charge is 0.264 e. The van der Waals surface area contributed by atoms with E-state index in [0.29, 0.717) is 6.54 Å². The highest BCUT2D eigenvalue weighted by atomic mass is 35.5. The maximum atomic E-state index is 13.9. The molecule has 0 aliphatic carbocycles. The van der Waals surface area contributed by atoms with E-state index in [4.69, 9.17) is 11.6 Å². The van der Waals surface area contributed by atoms with Gasteiger partial charge in [-0.3, -0.25) is 13.9 Å². The van der Waals surface area contributed by atoms with E-state index in [1.165, 1.54) is 23.1 Å². The summed E-state index contributed by atoms with van der Waals surface area (Å²) in [7, 11) is -4.25. The standard InChI is InChI=1S/C28H31ClFN3O4S/c1-4-16-31-28(35)21(3)32(18-22-11-9-8-10-20(22)2)27(34)19-33(23-14-15-26(30)25(29)17-23)38(36,37)24-12-6-5-7-13-24/h5-15,17,21H,4,16,18-19H2,1-3H3,(H,31,35)/t21-/m1/s1. The molecule has 0 radical (unpaired) electrons. The number of hydrogen-bond acceptors (Lipinski definition) is 4. The first-order valence-electron chi connectivity index (χ1n) is 12.2. The van der Waals surface area contributed by atoms with Crippen LogP contribution in [-0.4, -0.2) is 44.3 Å². The van der Waals surface area contributed by atoms with Crippen LogP contribution in [0.25, 0.3) is 0 Å². The number of carbonyl (C=O) groups excluding carboxylic acids is 2. The van der Waals surface area contributed by atoms with Crippen LogP contribution in [0.15, 0.2) is 77.7 Å². The molecule has 0 heterocycles. The zero-order valence-corrected chi connectivity index (χ0v) is 23.1. The number of benzene rings is 3. The third-order valence-corrected chi connectivity index (χ3v) is 8.20. The van der Waals surface area contributed by atoms with Gasteiger partial charge in [-0.25, -0.2) is 12.8 Å². The summed E-state index contributed by atoms with van der Waals surface area (Å²) >= 11 is 5.97. The van der Waals surface area contributed by atoms with E-state index in [1.54, 1.807) is 25.1 Å². The van der Waals surface area contributed by atoms with E-state index >= 15 is 0 Å². The summed E-state index contributed by atoms with van der Waals surface area (Å²) in [5.41, 5.74) is 1.76. The monoisotopic (exact) mass is 559 g/mol. The van der Waals surface area contributed by atoms with E-state index in [0.717, 1.165) is 34.0 Å². The maximum absolute atomic E-state index is 13.9. The number of aryl methyl sites for hydroxylation is 1. The lowest BCUT2D eigenvalue weighted by molar-refractivity contribution is -0.139. The normalized spacial score (nSPS) is 12.0. The highest BCUT2D eigenvalue weighted by molar-refractivity contribution is 7.92. The lowest BCUT2D eigenvalue weighted by Gasteiger charge is -2.32. The molecule has 0 saturated heterocycles. The van der Waals surface area contributed by atoms with Gasteiger partial charge in [-0.15, -0.1) is 0 Å². The second kappa shape index (κ2) is 12.9. The van der Waals surface area contributed by atoms with Crippen LogP contribution in [-0.2, 0) is 26.2 Å². The van der Waals surface area contributed by atoms with Gasteiger partial charge < -0.3 is 10.2 Å². The maximum Gasteiger partial charge on any atom is 0.264 e. The highest BCUT2D eigenvalue weighted by Gasteiger charge is 2.32. The molecule has 0 aliphatic heterocycles. The van der Waals surface area contributed by atoms with Crippen LogP contribution in [0.2, 0.25) is 5.02 Å². The van der Waals surface area contributed by atoms with Crippen molar-refractivity contribution in [3.63, 3.8) is 0 Å². The van der Waals surface area contributed by atoms with Crippen molar-refractivity contribution in [2.45, 2.75) is 44.7 Å². The molecule has 3 rings (SSSR count). The topological polar surface area (TPSA) is 86.8 Å². The Balaban J connectivity index is 2.04. The second-order valence-electron chi connectivity index (χ2n) is 8.84. The fraction of sp³-hybridized carbons (Fsp3) is 0.286. The van der Waals surface area contributed by atoms with E-state index in [9.17, 15) is 22.4 Å². The molecule has 0 aliphatic rings. The summed E-state index contributed by atoms with van der Waals surface area (Å²) in [6.45, 7) is 5.32. The molecule has 0 bridgehead atoms. The largest absolute Gasteiger partial charge is 0.354 e. The van der Waals surface area contributed by atoms with Gasteiger partial charge in [-0.05, 0) is 61.7 Å². The van der Waals surface area contributed by atoms with Crippen LogP contribution in [0, 0.1) is 12.7 Å². The Morgan fingerprint density at radius 3 is 2.32 bits per heavy atom. The molecule has 38 heavy (non-hydrogen) atoms. The van der Waals surface area contributed by atoms with Gasteiger partial charge in [0.2, 0.25) is 11.8 Å². The van der Waals surface area contributed by atoms with E-state index < -0.39 is 34.3 Å². The minimum atomic E-state index is -4.25. The number of carbonyl (C=O) groups is 2. The summed E-state index contributed by atoms with van der Waals surface area (Å²) in [5, 5.41) is 2.51. The molecule has 0 unspecified atom stereocenters. The quantitative estimate of drug-likeness (QED) is 0.361. The zero-order valence-electron chi connectivity index (χ0n) is 21.5. The van der Waals surface area contributed by atoms with Crippen molar-refractivity contribution in [3.8, 4) is 0 Å². The molecule has 0 saturated carbocycles. The minimum absolute atomic E-state index is 0.0209. The molecule has 3 aromatic carbocycles. The van der Waals surface area contributed by atoms with Gasteiger partial charge in [0.1, 0.15) is 18.4 Å². The summed E-state index contributed by atoms with van der Waals surface area (Å²) in [6, 6.07) is 17.6. The number of hydrogen-bond donors (Lipinski definition) is 1. The van der Waals surface area contributed by atoms with Crippen LogP contribution in [0.1, 0.15) is 31.4 Å². The molecule has 202 valence electrons. The Morgan fingerprint density at radius 1 is 1.03 bits per heavy atom. The zero-order chi connectivity index (χ0) is 27.9. The molecule has 3 aromatic rings. The molecule has 0 spiro atoms. The van der Waals surface area contributed by atoms with E-state index in [1.807, 2.05) is 38.1 Å². The molecule has 1 N–H and O–H groups in total. The predicted molar refractivity (Wildman–Crippen MR) is 147 cm³/mol. The Labute approximate surface area is 228 Å². The van der Waals surface area contributed by atoms with Gasteiger partial charge in [-0.1, -0.05) is 61.0 Å². The highest BCUT2D eigenvalue weighted by Crippen LogP contribution is 2.28. The third kappa shape index (κ3) is 6.90. The molecule has 10 heteroatoms. The van der Waals surface area contributed by atoms with Crippen LogP contribution >= 0.6 is 11.6 Å². The number of amides is 2. The minimum Gasteiger partial charge on any atom is -0.354 e. The average molecular weight is 560 g/mol. The van der Waals surface area contributed by atoms with E-state index in [2.05, 4.69) is 5.32 Å². The molecule has 0 aromatic heterocycles. The molecule has 1 atom stereocenters. The Bertz CT molecular complexity index is 1390. The van der Waals surface area contributed by atoms with Crippen molar-refractivity contribution in [2.24, 2.45) is 0 Å². The SMILES string of the molecule is CCCNC(=O)[C@@H](C)N(Cc1ccccc1C)C(=O)CN(c1ccc(F)c(Cl)c1)S(=O)(=O)c1ccccc1. The van der Waals surface area contributed by atoms with E-state index in [-0.39, 0.29) is 28.1 Å². The average Bonchev–Trinajstić information content (AvgIpc) is 2.91. The second-order valence-corrected chi connectivity index (χ2v) is 11.1. The van der Waals surface area contributed by atoms with Crippen molar-refractivity contribution in [3.05, 3.63) is 94.8 Å². The Kier molecular flexibility index (Phi) is 9.88. The van der Waals surface area contributed by atoms with Crippen LogP contribution in [0.5, 0.6) is 0 Å². The van der Waals surface area contributed by atoms with Crippen molar-refractivity contribution < 1.29 is 22.4 Å². The number of sulfonamides is 1.